The van der Waals surface area contributed by atoms with E-state index >= 15 is 0 Å². The number of rotatable bonds is 34. The second kappa shape index (κ2) is 33.4. The molecule has 2 atom stereocenters. The van der Waals surface area contributed by atoms with Gasteiger partial charge in [0.2, 0.25) is 0 Å². The predicted octanol–water partition coefficient (Wildman–Crippen LogP) is 10.1. The van der Waals surface area contributed by atoms with Crippen LogP contribution < -0.4 is 0 Å². The Morgan fingerprint density at radius 2 is 1.12 bits per heavy atom. The molecule has 0 aromatic heterocycles. The third kappa shape index (κ3) is 31.3. The van der Waals surface area contributed by atoms with Crippen molar-refractivity contribution in [2.45, 2.75) is 161 Å². The number of carboxylic acid groups (broad SMARTS) is 1. The quantitative estimate of drug-likeness (QED) is 0.0308. The Morgan fingerprint density at radius 1 is 0.620 bits per heavy atom. The topological polar surface area (TPSA) is 99.1 Å². The van der Waals surface area contributed by atoms with Gasteiger partial charge in [0.1, 0.15) is 6.61 Å². The Kier molecular flexibility index (Phi) is 31.6. The first-order chi connectivity index (χ1) is 24.1. The maximum Gasteiger partial charge on any atom is 0.362 e. The third-order valence-electron chi connectivity index (χ3n) is 8.46. The molecule has 0 amide bonds. The predicted molar refractivity (Wildman–Crippen MR) is 206 cm³/mol. The summed E-state index contributed by atoms with van der Waals surface area (Å²) in [6.07, 6.45) is 37.2. The molecular formula is C42H74NO7+. The molecule has 8 heteroatoms. The highest BCUT2D eigenvalue weighted by molar-refractivity contribution is 5.72. The van der Waals surface area contributed by atoms with Crippen LogP contribution in [0.5, 0.6) is 0 Å². The zero-order valence-corrected chi connectivity index (χ0v) is 32.6. The van der Waals surface area contributed by atoms with E-state index in [1.54, 1.807) is 0 Å². The van der Waals surface area contributed by atoms with Gasteiger partial charge in [-0.05, 0) is 64.2 Å². The summed E-state index contributed by atoms with van der Waals surface area (Å²) in [5, 5.41) is 9.58. The van der Waals surface area contributed by atoms with E-state index in [-0.39, 0.29) is 36.2 Å². The van der Waals surface area contributed by atoms with Crippen molar-refractivity contribution in [2.24, 2.45) is 0 Å². The molecule has 0 saturated heterocycles. The normalized spacial score (nSPS) is 13.5. The molecule has 2 unspecified atom stereocenters. The Labute approximate surface area is 306 Å². The van der Waals surface area contributed by atoms with E-state index in [0.717, 1.165) is 89.9 Å². The lowest BCUT2D eigenvalue weighted by atomic mass is 10.1. The molecule has 0 rings (SSSR count). The molecular weight excluding hydrogens is 630 g/mol. The van der Waals surface area contributed by atoms with E-state index in [9.17, 15) is 19.5 Å². The van der Waals surface area contributed by atoms with Crippen molar-refractivity contribution in [3.05, 3.63) is 48.6 Å². The lowest BCUT2D eigenvalue weighted by Crippen LogP contribution is -2.50. The first kappa shape index (κ1) is 47.3. The van der Waals surface area contributed by atoms with E-state index in [2.05, 4.69) is 62.5 Å². The number of allylic oxidation sites excluding steroid dienone is 8. The van der Waals surface area contributed by atoms with Crippen molar-refractivity contribution in [2.75, 3.05) is 41.0 Å². The molecule has 0 spiro atoms. The zero-order chi connectivity index (χ0) is 37.1. The molecule has 0 aliphatic carbocycles. The minimum Gasteiger partial charge on any atom is -0.477 e. The number of likely N-dealkylation sites (N-methyl/N-ethyl adjacent to an activating group) is 1. The molecule has 0 aromatic carbocycles. The van der Waals surface area contributed by atoms with Gasteiger partial charge in [0, 0.05) is 19.3 Å². The van der Waals surface area contributed by atoms with E-state index in [1.165, 1.54) is 25.7 Å². The fraction of sp³-hybridized carbons (Fsp3) is 0.738. The fourth-order valence-electron chi connectivity index (χ4n) is 5.38. The number of hydrogen-bond donors (Lipinski definition) is 1. The number of aliphatic carboxylic acids is 1. The average Bonchev–Trinajstić information content (AvgIpc) is 3.06. The van der Waals surface area contributed by atoms with Gasteiger partial charge in [-0.3, -0.25) is 9.59 Å². The van der Waals surface area contributed by atoms with Crippen LogP contribution in [0.2, 0.25) is 0 Å². The molecule has 1 N–H and O–H groups in total. The van der Waals surface area contributed by atoms with Gasteiger partial charge in [0.15, 0.2) is 12.1 Å². The third-order valence-corrected chi connectivity index (χ3v) is 8.46. The van der Waals surface area contributed by atoms with Crippen LogP contribution >= 0.6 is 0 Å². The van der Waals surface area contributed by atoms with Crippen LogP contribution in [-0.2, 0) is 28.6 Å². The number of nitrogens with zero attached hydrogens (tertiary/aromatic N) is 1. The van der Waals surface area contributed by atoms with Crippen molar-refractivity contribution in [3.63, 3.8) is 0 Å². The average molecular weight is 705 g/mol. The lowest BCUT2D eigenvalue weighted by molar-refractivity contribution is -0.887. The van der Waals surface area contributed by atoms with Crippen LogP contribution in [0.3, 0.4) is 0 Å². The summed E-state index contributed by atoms with van der Waals surface area (Å²) in [6, 6.07) is -0.618. The zero-order valence-electron chi connectivity index (χ0n) is 32.6. The molecule has 0 fully saturated rings. The van der Waals surface area contributed by atoms with E-state index in [0.29, 0.717) is 19.3 Å². The summed E-state index contributed by atoms with van der Waals surface area (Å²) in [5.74, 6) is -1.51. The van der Waals surface area contributed by atoms with Gasteiger partial charge < -0.3 is 23.8 Å². The standard InChI is InChI=1S/C42H73NO7/c1-6-8-10-12-14-16-18-19-20-21-22-23-25-26-28-30-32-40(44)49-37-38(36-48-35-34-39(42(46)47)43(3,4)5)50-41(45)33-31-29-27-24-17-15-13-11-9-7-2/h8,10,13-16,19-20,38-39H,6-7,9,11-12,17-18,21-37H2,1-5H3/p+1/b10-8+,15-13+,16-14+,20-19+. The minimum absolute atomic E-state index is 0.0510. The monoisotopic (exact) mass is 705 g/mol. The number of carbonyl (C=O) groups excluding carboxylic acids is 2. The highest BCUT2D eigenvalue weighted by Crippen LogP contribution is 2.13. The summed E-state index contributed by atoms with van der Waals surface area (Å²) >= 11 is 0. The largest absolute Gasteiger partial charge is 0.477 e. The highest BCUT2D eigenvalue weighted by Gasteiger charge is 2.31. The number of carbonyl (C=O) groups is 3. The first-order valence-electron chi connectivity index (χ1n) is 19.7. The molecule has 0 radical (unpaired) electrons. The van der Waals surface area contributed by atoms with Gasteiger partial charge in [-0.15, -0.1) is 0 Å². The molecule has 8 nitrogen and oxygen atoms in total. The molecule has 0 bridgehead atoms. The highest BCUT2D eigenvalue weighted by atomic mass is 16.6. The van der Waals surface area contributed by atoms with Crippen LogP contribution in [0.25, 0.3) is 0 Å². The molecule has 0 aromatic rings. The molecule has 0 heterocycles. The summed E-state index contributed by atoms with van der Waals surface area (Å²) in [7, 11) is 5.50. The van der Waals surface area contributed by atoms with Gasteiger partial charge in [-0.2, -0.15) is 0 Å². The Bertz CT molecular complexity index is 964. The molecule has 50 heavy (non-hydrogen) atoms. The Balaban J connectivity index is 4.41. The van der Waals surface area contributed by atoms with Crippen LogP contribution in [-0.4, -0.2) is 80.6 Å². The maximum atomic E-state index is 12.6. The van der Waals surface area contributed by atoms with Crippen LogP contribution in [0.15, 0.2) is 48.6 Å². The van der Waals surface area contributed by atoms with Crippen molar-refractivity contribution in [1.82, 2.24) is 0 Å². The summed E-state index contributed by atoms with van der Waals surface area (Å²) < 4.78 is 17.2. The van der Waals surface area contributed by atoms with Crippen LogP contribution in [0, 0.1) is 0 Å². The van der Waals surface area contributed by atoms with Gasteiger partial charge >= 0.3 is 17.9 Å². The molecule has 0 aliphatic heterocycles. The number of carboxylic acids is 1. The number of ether oxygens (including phenoxy) is 3. The second-order valence-corrected chi connectivity index (χ2v) is 14.1. The van der Waals surface area contributed by atoms with Crippen LogP contribution in [0.4, 0.5) is 0 Å². The van der Waals surface area contributed by atoms with E-state index in [1.807, 2.05) is 21.1 Å². The summed E-state index contributed by atoms with van der Waals surface area (Å²) in [5.41, 5.74) is 0. The first-order valence-corrected chi connectivity index (χ1v) is 19.7. The number of esters is 2. The van der Waals surface area contributed by atoms with Gasteiger partial charge in [0.25, 0.3) is 0 Å². The lowest BCUT2D eigenvalue weighted by Gasteiger charge is -2.31. The van der Waals surface area contributed by atoms with Gasteiger partial charge in [-0.1, -0.05) is 114 Å². The van der Waals surface area contributed by atoms with Crippen molar-refractivity contribution in [3.8, 4) is 0 Å². The SMILES string of the molecule is CC/C=C/C/C=C/C/C=C/CCCCCCCCC(=O)OCC(COCCC(C(=O)O)[N+](C)(C)C)OC(=O)CCCCCC/C=C/CCCC. The van der Waals surface area contributed by atoms with Gasteiger partial charge in [0.05, 0.1) is 34.4 Å². The van der Waals surface area contributed by atoms with Crippen molar-refractivity contribution in [1.29, 1.82) is 0 Å². The van der Waals surface area contributed by atoms with E-state index in [4.69, 9.17) is 14.2 Å². The second-order valence-electron chi connectivity index (χ2n) is 14.1. The Hall–Kier alpha value is -2.71. The molecule has 0 aliphatic rings. The molecule has 288 valence electrons. The molecule has 0 saturated carbocycles. The maximum absolute atomic E-state index is 12.6. The number of hydrogen-bond acceptors (Lipinski definition) is 6. The van der Waals surface area contributed by atoms with E-state index < -0.39 is 18.1 Å². The van der Waals surface area contributed by atoms with Crippen molar-refractivity contribution >= 4 is 17.9 Å². The summed E-state index contributed by atoms with van der Waals surface area (Å²) in [6.45, 7) is 4.53. The number of quaternary nitrogens is 1. The van der Waals surface area contributed by atoms with Gasteiger partial charge in [-0.25, -0.2) is 4.79 Å². The number of unbranched alkanes of at least 4 members (excludes halogenated alkanes) is 12. The van der Waals surface area contributed by atoms with Crippen molar-refractivity contribution < 1.29 is 38.2 Å². The smallest absolute Gasteiger partial charge is 0.362 e. The van der Waals surface area contributed by atoms with Crippen LogP contribution in [0.1, 0.15) is 149 Å². The Morgan fingerprint density at radius 3 is 1.68 bits per heavy atom. The summed E-state index contributed by atoms with van der Waals surface area (Å²) in [4.78, 5) is 36.8. The minimum atomic E-state index is -0.882. The fourth-order valence-corrected chi connectivity index (χ4v) is 5.38.